The third kappa shape index (κ3) is 4.35. The minimum absolute atomic E-state index is 0.0728. The monoisotopic (exact) mass is 397 g/mol. The SMILES string of the molecule is CCC(N)C(Oc1ccc(I)cc1)c1cccc(OC)c1. The smallest absolute Gasteiger partial charge is 0.139 e. The van der Waals surface area contributed by atoms with Crippen LogP contribution in [0, 0.1) is 3.57 Å². The van der Waals surface area contributed by atoms with E-state index in [4.69, 9.17) is 15.2 Å². The Morgan fingerprint density at radius 3 is 2.43 bits per heavy atom. The topological polar surface area (TPSA) is 44.5 Å². The van der Waals surface area contributed by atoms with Crippen molar-refractivity contribution < 1.29 is 9.47 Å². The van der Waals surface area contributed by atoms with Crippen LogP contribution in [0.1, 0.15) is 25.0 Å². The minimum Gasteiger partial charge on any atom is -0.497 e. The Bertz CT molecular complexity index is 571. The van der Waals surface area contributed by atoms with E-state index in [1.807, 2.05) is 48.5 Å². The molecule has 0 saturated heterocycles. The van der Waals surface area contributed by atoms with E-state index < -0.39 is 0 Å². The molecule has 2 aromatic carbocycles. The second-order valence-electron chi connectivity index (χ2n) is 4.84. The highest BCUT2D eigenvalue weighted by Crippen LogP contribution is 2.28. The first-order chi connectivity index (χ1) is 10.1. The molecule has 2 rings (SSSR count). The molecule has 0 aliphatic rings. The van der Waals surface area contributed by atoms with Gasteiger partial charge in [-0.2, -0.15) is 0 Å². The molecule has 0 amide bonds. The lowest BCUT2D eigenvalue weighted by molar-refractivity contribution is 0.170. The Balaban J connectivity index is 2.27. The van der Waals surface area contributed by atoms with Crippen LogP contribution in [0.5, 0.6) is 11.5 Å². The van der Waals surface area contributed by atoms with Gasteiger partial charge in [0.15, 0.2) is 0 Å². The molecule has 4 heteroatoms. The molecular weight excluding hydrogens is 377 g/mol. The maximum absolute atomic E-state index is 6.25. The molecular formula is C17H20INO2. The van der Waals surface area contributed by atoms with E-state index in [1.165, 1.54) is 3.57 Å². The lowest BCUT2D eigenvalue weighted by Crippen LogP contribution is -2.31. The number of methoxy groups -OCH3 is 1. The van der Waals surface area contributed by atoms with E-state index >= 15 is 0 Å². The van der Waals surface area contributed by atoms with Gasteiger partial charge in [0.2, 0.25) is 0 Å². The summed E-state index contributed by atoms with van der Waals surface area (Å²) in [5.74, 6) is 1.64. The highest BCUT2D eigenvalue weighted by atomic mass is 127. The van der Waals surface area contributed by atoms with Crippen molar-refractivity contribution in [2.45, 2.75) is 25.5 Å². The summed E-state index contributed by atoms with van der Waals surface area (Å²) in [6.45, 7) is 2.06. The quantitative estimate of drug-likeness (QED) is 0.745. The molecule has 2 unspecified atom stereocenters. The molecule has 0 aliphatic carbocycles. The molecule has 2 aromatic rings. The first kappa shape index (κ1) is 16.1. The lowest BCUT2D eigenvalue weighted by Gasteiger charge is -2.25. The molecule has 0 aliphatic heterocycles. The van der Waals surface area contributed by atoms with E-state index in [1.54, 1.807) is 7.11 Å². The number of nitrogens with two attached hydrogens (primary N) is 1. The third-order valence-electron chi connectivity index (χ3n) is 3.36. The van der Waals surface area contributed by atoms with Gasteiger partial charge in [0.1, 0.15) is 17.6 Å². The molecule has 21 heavy (non-hydrogen) atoms. The van der Waals surface area contributed by atoms with Crippen LogP contribution in [-0.2, 0) is 0 Å². The van der Waals surface area contributed by atoms with Crippen LogP contribution in [0.3, 0.4) is 0 Å². The van der Waals surface area contributed by atoms with Crippen molar-refractivity contribution in [2.24, 2.45) is 5.73 Å². The Kier molecular flexibility index (Phi) is 5.87. The summed E-state index contributed by atoms with van der Waals surface area (Å²) in [5, 5.41) is 0. The van der Waals surface area contributed by atoms with E-state index in [2.05, 4.69) is 29.5 Å². The first-order valence-corrected chi connectivity index (χ1v) is 8.03. The second kappa shape index (κ2) is 7.66. The molecule has 0 aromatic heterocycles. The van der Waals surface area contributed by atoms with E-state index in [-0.39, 0.29) is 12.1 Å². The molecule has 2 N–H and O–H groups in total. The predicted molar refractivity (Wildman–Crippen MR) is 93.8 cm³/mol. The summed E-state index contributed by atoms with van der Waals surface area (Å²) < 4.78 is 12.6. The summed E-state index contributed by atoms with van der Waals surface area (Å²) in [5.41, 5.74) is 7.28. The number of ether oxygens (including phenoxy) is 2. The fourth-order valence-electron chi connectivity index (χ4n) is 2.09. The summed E-state index contributed by atoms with van der Waals surface area (Å²) in [4.78, 5) is 0. The van der Waals surface area contributed by atoms with Gasteiger partial charge in [0, 0.05) is 9.61 Å². The number of halogens is 1. The Labute approximate surface area is 139 Å². The van der Waals surface area contributed by atoms with Crippen molar-refractivity contribution in [3.63, 3.8) is 0 Å². The Morgan fingerprint density at radius 1 is 1.10 bits per heavy atom. The van der Waals surface area contributed by atoms with Crippen molar-refractivity contribution in [3.8, 4) is 11.5 Å². The van der Waals surface area contributed by atoms with Gasteiger partial charge in [-0.3, -0.25) is 0 Å². The van der Waals surface area contributed by atoms with Gasteiger partial charge in [0.05, 0.1) is 7.11 Å². The molecule has 0 heterocycles. The van der Waals surface area contributed by atoms with Crippen molar-refractivity contribution in [1.82, 2.24) is 0 Å². The summed E-state index contributed by atoms with van der Waals surface area (Å²) in [7, 11) is 1.66. The molecule has 0 bridgehead atoms. The van der Waals surface area contributed by atoms with Crippen LogP contribution in [0.4, 0.5) is 0 Å². The fraction of sp³-hybridized carbons (Fsp3) is 0.294. The Morgan fingerprint density at radius 2 is 1.81 bits per heavy atom. The van der Waals surface area contributed by atoms with Crippen LogP contribution in [-0.4, -0.2) is 13.2 Å². The Hall–Kier alpha value is -1.27. The van der Waals surface area contributed by atoms with Crippen LogP contribution in [0.25, 0.3) is 0 Å². The van der Waals surface area contributed by atoms with Gasteiger partial charge in [-0.05, 0) is 71.0 Å². The standard InChI is InChI=1S/C17H20INO2/c1-3-16(19)17(12-5-4-6-15(11-12)20-2)21-14-9-7-13(18)8-10-14/h4-11,16-17H,3,19H2,1-2H3. The third-order valence-corrected chi connectivity index (χ3v) is 4.08. The molecule has 3 nitrogen and oxygen atoms in total. The van der Waals surface area contributed by atoms with E-state index in [0.29, 0.717) is 0 Å². The fourth-order valence-corrected chi connectivity index (χ4v) is 2.45. The highest BCUT2D eigenvalue weighted by Gasteiger charge is 2.21. The molecule has 2 atom stereocenters. The van der Waals surface area contributed by atoms with Gasteiger partial charge in [-0.15, -0.1) is 0 Å². The highest BCUT2D eigenvalue weighted by molar-refractivity contribution is 14.1. The average Bonchev–Trinajstić information content (AvgIpc) is 2.53. The van der Waals surface area contributed by atoms with Gasteiger partial charge < -0.3 is 15.2 Å². The second-order valence-corrected chi connectivity index (χ2v) is 6.09. The van der Waals surface area contributed by atoms with Gasteiger partial charge in [-0.25, -0.2) is 0 Å². The van der Waals surface area contributed by atoms with Crippen LogP contribution in [0.15, 0.2) is 48.5 Å². The molecule has 112 valence electrons. The molecule has 0 saturated carbocycles. The summed E-state index contributed by atoms with van der Waals surface area (Å²) >= 11 is 2.27. The van der Waals surface area contributed by atoms with E-state index in [9.17, 15) is 0 Å². The maximum Gasteiger partial charge on any atom is 0.139 e. The maximum atomic E-state index is 6.25. The minimum atomic E-state index is -0.190. The zero-order valence-corrected chi connectivity index (χ0v) is 14.4. The van der Waals surface area contributed by atoms with Crippen LogP contribution >= 0.6 is 22.6 Å². The largest absolute Gasteiger partial charge is 0.497 e. The number of rotatable bonds is 6. The van der Waals surface area contributed by atoms with Crippen LogP contribution in [0.2, 0.25) is 0 Å². The predicted octanol–water partition coefficient (Wildman–Crippen LogP) is 4.16. The normalized spacial score (nSPS) is 13.5. The van der Waals surface area contributed by atoms with Crippen LogP contribution < -0.4 is 15.2 Å². The van der Waals surface area contributed by atoms with Crippen molar-refractivity contribution in [3.05, 3.63) is 57.7 Å². The lowest BCUT2D eigenvalue weighted by atomic mass is 10.0. The van der Waals surface area contributed by atoms with E-state index in [0.717, 1.165) is 23.5 Å². The number of hydrogen-bond acceptors (Lipinski definition) is 3. The summed E-state index contributed by atoms with van der Waals surface area (Å²) in [6, 6.07) is 15.8. The van der Waals surface area contributed by atoms with Crippen molar-refractivity contribution >= 4 is 22.6 Å². The molecule has 0 radical (unpaired) electrons. The molecule has 0 spiro atoms. The zero-order chi connectivity index (χ0) is 15.2. The van der Waals surface area contributed by atoms with Crippen molar-refractivity contribution in [1.29, 1.82) is 0 Å². The van der Waals surface area contributed by atoms with Gasteiger partial charge in [0.25, 0.3) is 0 Å². The first-order valence-electron chi connectivity index (χ1n) is 6.95. The number of hydrogen-bond donors (Lipinski definition) is 1. The van der Waals surface area contributed by atoms with Crippen molar-refractivity contribution in [2.75, 3.05) is 7.11 Å². The molecule has 0 fully saturated rings. The van der Waals surface area contributed by atoms with Gasteiger partial charge in [-0.1, -0.05) is 19.1 Å². The average molecular weight is 397 g/mol. The number of benzene rings is 2. The van der Waals surface area contributed by atoms with Gasteiger partial charge >= 0.3 is 0 Å². The summed E-state index contributed by atoms with van der Waals surface area (Å²) in [6.07, 6.45) is 0.650. The zero-order valence-electron chi connectivity index (χ0n) is 12.3.